The molecule has 0 fully saturated rings. The predicted octanol–water partition coefficient (Wildman–Crippen LogP) is 1.41. The van der Waals surface area contributed by atoms with Gasteiger partial charge in [0.05, 0.1) is 5.60 Å². The van der Waals surface area contributed by atoms with Gasteiger partial charge in [0.1, 0.15) is 0 Å². The van der Waals surface area contributed by atoms with Crippen molar-refractivity contribution in [1.29, 1.82) is 0 Å². The van der Waals surface area contributed by atoms with E-state index >= 15 is 0 Å². The Balaban J connectivity index is 3.64. The first-order chi connectivity index (χ1) is 6.52. The van der Waals surface area contributed by atoms with E-state index in [1.54, 1.807) is 18.7 Å². The van der Waals surface area contributed by atoms with Crippen LogP contribution in [0.4, 0.5) is 0 Å². The van der Waals surface area contributed by atoms with E-state index in [-0.39, 0.29) is 5.91 Å². The average Bonchev–Trinajstić information content (AvgIpc) is 2.11. The molecule has 0 aliphatic heterocycles. The number of rotatable bonds is 7. The smallest absolute Gasteiger partial charge is 0.220 e. The minimum atomic E-state index is -0.790. The molecule has 0 spiro atoms. The summed E-state index contributed by atoms with van der Waals surface area (Å²) in [5, 5.41) is 12.5. The highest BCUT2D eigenvalue weighted by molar-refractivity contribution is 7.98. The molecule has 1 atom stereocenters. The van der Waals surface area contributed by atoms with Crippen LogP contribution in [0.5, 0.6) is 0 Å². The van der Waals surface area contributed by atoms with E-state index in [1.165, 1.54) is 0 Å². The summed E-state index contributed by atoms with van der Waals surface area (Å²) in [5.74, 6) is 0.675. The molecule has 2 N–H and O–H groups in total. The Morgan fingerprint density at radius 1 is 1.57 bits per heavy atom. The molecule has 3 nitrogen and oxygen atoms in total. The zero-order valence-corrected chi connectivity index (χ0v) is 10.1. The van der Waals surface area contributed by atoms with Crippen molar-refractivity contribution in [2.24, 2.45) is 0 Å². The summed E-state index contributed by atoms with van der Waals surface area (Å²) in [7, 11) is 0. The molecule has 84 valence electrons. The minimum absolute atomic E-state index is 0.0354. The normalized spacial score (nSPS) is 14.9. The summed E-state index contributed by atoms with van der Waals surface area (Å²) >= 11 is 1.58. The van der Waals surface area contributed by atoms with Crippen LogP contribution in [0.1, 0.15) is 33.1 Å². The van der Waals surface area contributed by atoms with Gasteiger partial charge in [0.2, 0.25) is 5.91 Å². The number of hydrogen-bond donors (Lipinski definition) is 2. The lowest BCUT2D eigenvalue weighted by atomic mass is 10.1. The molecule has 1 amide bonds. The van der Waals surface area contributed by atoms with Crippen molar-refractivity contribution in [3.8, 4) is 0 Å². The summed E-state index contributed by atoms with van der Waals surface area (Å²) < 4.78 is 0. The molecule has 0 radical (unpaired) electrons. The van der Waals surface area contributed by atoms with Crippen molar-refractivity contribution in [2.45, 2.75) is 38.7 Å². The highest BCUT2D eigenvalue weighted by Gasteiger charge is 2.19. The summed E-state index contributed by atoms with van der Waals surface area (Å²) in [6.07, 6.45) is 4.43. The second kappa shape index (κ2) is 7.12. The Labute approximate surface area is 90.7 Å². The van der Waals surface area contributed by atoms with Gasteiger partial charge in [-0.25, -0.2) is 0 Å². The molecule has 0 heterocycles. The molecule has 0 aliphatic rings. The third kappa shape index (κ3) is 7.21. The average molecular weight is 219 g/mol. The fourth-order valence-corrected chi connectivity index (χ4v) is 1.80. The SMILES string of the molecule is CCCCC(=O)NCC(C)(O)CSC. The summed E-state index contributed by atoms with van der Waals surface area (Å²) in [6.45, 7) is 4.14. The lowest BCUT2D eigenvalue weighted by Crippen LogP contribution is -2.42. The fourth-order valence-electron chi connectivity index (χ4n) is 1.08. The summed E-state index contributed by atoms with van der Waals surface area (Å²) in [5.41, 5.74) is -0.790. The van der Waals surface area contributed by atoms with E-state index in [0.717, 1.165) is 12.8 Å². The highest BCUT2D eigenvalue weighted by atomic mass is 32.2. The van der Waals surface area contributed by atoms with Gasteiger partial charge in [-0.05, 0) is 19.6 Å². The predicted molar refractivity (Wildman–Crippen MR) is 61.5 cm³/mol. The molecule has 0 aliphatic carbocycles. The van der Waals surface area contributed by atoms with Crippen molar-refractivity contribution < 1.29 is 9.90 Å². The number of unbranched alkanes of at least 4 members (excludes halogenated alkanes) is 1. The molecular formula is C10H21NO2S. The third-order valence-corrected chi connectivity index (χ3v) is 2.79. The maximum Gasteiger partial charge on any atom is 0.220 e. The molecule has 14 heavy (non-hydrogen) atoms. The number of hydrogen-bond acceptors (Lipinski definition) is 3. The number of amides is 1. The van der Waals surface area contributed by atoms with Crippen LogP contribution in [0.25, 0.3) is 0 Å². The molecule has 0 bridgehead atoms. The van der Waals surface area contributed by atoms with Gasteiger partial charge in [0.25, 0.3) is 0 Å². The van der Waals surface area contributed by atoms with Gasteiger partial charge >= 0.3 is 0 Å². The van der Waals surface area contributed by atoms with E-state index in [1.807, 2.05) is 6.26 Å². The van der Waals surface area contributed by atoms with Crippen molar-refractivity contribution in [1.82, 2.24) is 5.32 Å². The first-order valence-corrected chi connectivity index (χ1v) is 6.39. The largest absolute Gasteiger partial charge is 0.387 e. The Kier molecular flexibility index (Phi) is 7.01. The number of aliphatic hydroxyl groups is 1. The molecule has 1 unspecified atom stereocenters. The van der Waals surface area contributed by atoms with Crippen LogP contribution in [-0.4, -0.2) is 35.2 Å². The second-order valence-corrected chi connectivity index (χ2v) is 4.68. The van der Waals surface area contributed by atoms with Gasteiger partial charge in [-0.15, -0.1) is 0 Å². The maximum atomic E-state index is 11.2. The first-order valence-electron chi connectivity index (χ1n) is 5.00. The van der Waals surface area contributed by atoms with Crippen LogP contribution in [0.2, 0.25) is 0 Å². The van der Waals surface area contributed by atoms with E-state index in [0.29, 0.717) is 18.7 Å². The lowest BCUT2D eigenvalue weighted by molar-refractivity contribution is -0.122. The molecular weight excluding hydrogens is 198 g/mol. The molecule has 4 heteroatoms. The Hall–Kier alpha value is -0.220. The van der Waals surface area contributed by atoms with Crippen molar-refractivity contribution in [2.75, 3.05) is 18.6 Å². The number of carbonyl (C=O) groups is 1. The highest BCUT2D eigenvalue weighted by Crippen LogP contribution is 2.09. The molecule has 0 aromatic heterocycles. The van der Waals surface area contributed by atoms with Gasteiger partial charge in [0, 0.05) is 18.7 Å². The first kappa shape index (κ1) is 13.8. The third-order valence-electron chi connectivity index (χ3n) is 1.88. The second-order valence-electron chi connectivity index (χ2n) is 3.81. The van der Waals surface area contributed by atoms with Crippen molar-refractivity contribution in [3.63, 3.8) is 0 Å². The topological polar surface area (TPSA) is 49.3 Å². The lowest BCUT2D eigenvalue weighted by Gasteiger charge is -2.22. The zero-order valence-electron chi connectivity index (χ0n) is 9.30. The van der Waals surface area contributed by atoms with E-state index in [4.69, 9.17) is 0 Å². The van der Waals surface area contributed by atoms with Gasteiger partial charge < -0.3 is 10.4 Å². The number of nitrogens with one attached hydrogen (secondary N) is 1. The molecule has 0 aromatic rings. The monoisotopic (exact) mass is 219 g/mol. The van der Waals surface area contributed by atoms with Gasteiger partial charge in [-0.2, -0.15) is 11.8 Å². The van der Waals surface area contributed by atoms with E-state index in [2.05, 4.69) is 12.2 Å². The summed E-state index contributed by atoms with van der Waals surface area (Å²) in [4.78, 5) is 11.2. The van der Waals surface area contributed by atoms with Crippen LogP contribution >= 0.6 is 11.8 Å². The van der Waals surface area contributed by atoms with Crippen LogP contribution in [-0.2, 0) is 4.79 Å². The Morgan fingerprint density at radius 2 is 2.21 bits per heavy atom. The summed E-state index contributed by atoms with van der Waals surface area (Å²) in [6, 6.07) is 0. The minimum Gasteiger partial charge on any atom is -0.387 e. The van der Waals surface area contributed by atoms with Crippen LogP contribution in [0.15, 0.2) is 0 Å². The van der Waals surface area contributed by atoms with Crippen LogP contribution in [0.3, 0.4) is 0 Å². The zero-order chi connectivity index (χ0) is 11.0. The maximum absolute atomic E-state index is 11.2. The van der Waals surface area contributed by atoms with E-state index < -0.39 is 5.60 Å². The van der Waals surface area contributed by atoms with Gasteiger partial charge in [-0.1, -0.05) is 13.3 Å². The molecule has 0 rings (SSSR count). The fraction of sp³-hybridized carbons (Fsp3) is 0.900. The Bertz CT molecular complexity index is 172. The van der Waals surface area contributed by atoms with Crippen molar-refractivity contribution in [3.05, 3.63) is 0 Å². The van der Waals surface area contributed by atoms with E-state index in [9.17, 15) is 9.90 Å². The van der Waals surface area contributed by atoms with Crippen molar-refractivity contribution >= 4 is 17.7 Å². The quantitative estimate of drug-likeness (QED) is 0.680. The molecule has 0 saturated carbocycles. The standard InChI is InChI=1S/C10H21NO2S/c1-4-5-6-9(12)11-7-10(2,13)8-14-3/h13H,4-8H2,1-3H3,(H,11,12). The Morgan fingerprint density at radius 3 is 2.71 bits per heavy atom. The molecule has 0 aromatic carbocycles. The van der Waals surface area contributed by atoms with Crippen LogP contribution < -0.4 is 5.32 Å². The van der Waals surface area contributed by atoms with Crippen LogP contribution in [0, 0.1) is 0 Å². The number of carbonyl (C=O) groups excluding carboxylic acids is 1. The number of thioether (sulfide) groups is 1. The molecule has 0 saturated heterocycles. The van der Waals surface area contributed by atoms with Gasteiger partial charge in [-0.3, -0.25) is 4.79 Å². The van der Waals surface area contributed by atoms with Gasteiger partial charge in [0.15, 0.2) is 0 Å².